The number of nitrogens with two attached hydrogens (primary N) is 1. The van der Waals surface area contributed by atoms with Crippen LogP contribution in [0.1, 0.15) is 23.2 Å². The Morgan fingerprint density at radius 3 is 2.59 bits per heavy atom. The Morgan fingerprint density at radius 1 is 1.33 bits per heavy atom. The fourth-order valence-corrected chi connectivity index (χ4v) is 2.43. The van der Waals surface area contributed by atoms with E-state index in [9.17, 15) is 22.8 Å². The molecular weight excluding hydrogens is 393 g/mol. The van der Waals surface area contributed by atoms with Gasteiger partial charge in [-0.1, -0.05) is 0 Å². The number of rotatable bonds is 6. The van der Waals surface area contributed by atoms with Gasteiger partial charge in [-0.15, -0.1) is 12.4 Å². The second-order valence-electron chi connectivity index (χ2n) is 5.66. The fraction of sp³-hybridized carbons (Fsp3) is 0.500. The number of alkyl halides is 3. The minimum Gasteiger partial charge on any atom is -0.482 e. The molecule has 1 saturated heterocycles. The molecule has 1 heterocycles. The summed E-state index contributed by atoms with van der Waals surface area (Å²) in [7, 11) is 1.14. The first-order valence-corrected chi connectivity index (χ1v) is 7.82. The molecule has 0 bridgehead atoms. The van der Waals surface area contributed by atoms with Crippen molar-refractivity contribution < 1.29 is 37.0 Å². The summed E-state index contributed by atoms with van der Waals surface area (Å²) in [6.07, 6.45) is -4.49. The van der Waals surface area contributed by atoms with Gasteiger partial charge in [0.25, 0.3) is 5.91 Å². The lowest BCUT2D eigenvalue weighted by Gasteiger charge is -2.17. The Labute approximate surface area is 159 Å². The monoisotopic (exact) mass is 412 g/mol. The standard InChI is InChI=1S/C16H19F3N2O5.ClH/c1-24-15(23)9-2-4-11(13(6-9)25-8-16(17,18)19)21-14(22)12-5-3-10(7-20)26-12;/h2,4,6,10,12H,3,5,7-8,20H2,1H3,(H,21,22);1H/t10-,12+;/m1./s1. The third-order valence-electron chi connectivity index (χ3n) is 3.71. The second-order valence-corrected chi connectivity index (χ2v) is 5.66. The van der Waals surface area contributed by atoms with Gasteiger partial charge in [-0.2, -0.15) is 13.2 Å². The molecule has 0 aliphatic carbocycles. The molecular formula is C16H20ClF3N2O5. The first-order valence-electron chi connectivity index (χ1n) is 7.82. The molecule has 0 saturated carbocycles. The van der Waals surface area contributed by atoms with Gasteiger partial charge in [0.2, 0.25) is 0 Å². The number of carbonyl (C=O) groups excluding carboxylic acids is 2. The molecule has 1 amide bonds. The summed E-state index contributed by atoms with van der Waals surface area (Å²) in [5, 5.41) is 2.47. The number of anilines is 1. The first kappa shape index (κ1) is 23.0. The molecule has 1 aliphatic heterocycles. The second kappa shape index (κ2) is 9.77. The highest BCUT2D eigenvalue weighted by atomic mass is 35.5. The van der Waals surface area contributed by atoms with E-state index in [1.807, 2.05) is 0 Å². The molecule has 27 heavy (non-hydrogen) atoms. The van der Waals surface area contributed by atoms with Crippen molar-refractivity contribution in [2.24, 2.45) is 5.73 Å². The highest BCUT2D eigenvalue weighted by Crippen LogP contribution is 2.29. The van der Waals surface area contributed by atoms with Crippen molar-refractivity contribution >= 4 is 30.0 Å². The number of amides is 1. The first-order chi connectivity index (χ1) is 12.2. The van der Waals surface area contributed by atoms with Crippen molar-refractivity contribution in [2.45, 2.75) is 31.2 Å². The quantitative estimate of drug-likeness (QED) is 0.695. The largest absolute Gasteiger partial charge is 0.482 e. The molecule has 2 atom stereocenters. The van der Waals surface area contributed by atoms with Crippen LogP contribution in [0.2, 0.25) is 0 Å². The molecule has 0 spiro atoms. The van der Waals surface area contributed by atoms with Crippen LogP contribution in [-0.4, -0.2) is 50.5 Å². The molecule has 1 aliphatic rings. The predicted molar refractivity (Wildman–Crippen MR) is 92.2 cm³/mol. The van der Waals surface area contributed by atoms with Crippen molar-refractivity contribution in [3.63, 3.8) is 0 Å². The number of hydrogen-bond acceptors (Lipinski definition) is 6. The van der Waals surface area contributed by atoms with Gasteiger partial charge in [-0.25, -0.2) is 4.79 Å². The Morgan fingerprint density at radius 2 is 2.04 bits per heavy atom. The van der Waals surface area contributed by atoms with Crippen LogP contribution in [0.5, 0.6) is 5.75 Å². The van der Waals surface area contributed by atoms with Gasteiger partial charge < -0.3 is 25.3 Å². The summed E-state index contributed by atoms with van der Waals surface area (Å²) < 4.78 is 52.1. The Balaban J connectivity index is 0.00000364. The molecule has 1 fully saturated rings. The SMILES string of the molecule is COC(=O)c1ccc(NC(=O)[C@@H]2CC[C@H](CN)O2)c(OCC(F)(F)F)c1.Cl. The van der Waals surface area contributed by atoms with Crippen LogP contribution in [0.15, 0.2) is 18.2 Å². The Kier molecular flexibility index (Phi) is 8.32. The van der Waals surface area contributed by atoms with Gasteiger partial charge >= 0.3 is 12.1 Å². The van der Waals surface area contributed by atoms with E-state index in [2.05, 4.69) is 10.1 Å². The number of methoxy groups -OCH3 is 1. The number of benzene rings is 1. The van der Waals surface area contributed by atoms with Crippen LogP contribution in [0.3, 0.4) is 0 Å². The lowest BCUT2D eigenvalue weighted by atomic mass is 10.1. The number of hydrogen-bond donors (Lipinski definition) is 2. The maximum Gasteiger partial charge on any atom is 0.422 e. The van der Waals surface area contributed by atoms with E-state index in [1.165, 1.54) is 12.1 Å². The van der Waals surface area contributed by atoms with Crippen molar-refractivity contribution in [2.75, 3.05) is 25.6 Å². The van der Waals surface area contributed by atoms with E-state index in [0.29, 0.717) is 12.8 Å². The van der Waals surface area contributed by atoms with Gasteiger partial charge in [-0.3, -0.25) is 4.79 Å². The van der Waals surface area contributed by atoms with Gasteiger partial charge in [0.15, 0.2) is 6.61 Å². The number of nitrogens with one attached hydrogen (secondary N) is 1. The van der Waals surface area contributed by atoms with E-state index < -0.39 is 30.8 Å². The zero-order chi connectivity index (χ0) is 19.3. The number of esters is 1. The van der Waals surface area contributed by atoms with Crippen LogP contribution in [-0.2, 0) is 14.3 Å². The Hall–Kier alpha value is -2.04. The van der Waals surface area contributed by atoms with Crippen LogP contribution in [0, 0.1) is 0 Å². The van der Waals surface area contributed by atoms with Crippen LogP contribution < -0.4 is 15.8 Å². The molecule has 1 aromatic carbocycles. The lowest BCUT2D eigenvalue weighted by molar-refractivity contribution is -0.153. The molecule has 11 heteroatoms. The highest BCUT2D eigenvalue weighted by Gasteiger charge is 2.31. The normalized spacial score (nSPS) is 19.1. The Bertz CT molecular complexity index is 672. The summed E-state index contributed by atoms with van der Waals surface area (Å²) in [6, 6.07) is 3.65. The predicted octanol–water partition coefficient (Wildman–Crippen LogP) is 2.28. The van der Waals surface area contributed by atoms with E-state index >= 15 is 0 Å². The van der Waals surface area contributed by atoms with Crippen molar-refractivity contribution in [3.8, 4) is 5.75 Å². The zero-order valence-corrected chi connectivity index (χ0v) is 15.2. The molecule has 152 valence electrons. The van der Waals surface area contributed by atoms with Gasteiger partial charge in [-0.05, 0) is 31.0 Å². The van der Waals surface area contributed by atoms with Gasteiger partial charge in [0.1, 0.15) is 11.9 Å². The van der Waals surface area contributed by atoms with Crippen molar-refractivity contribution in [3.05, 3.63) is 23.8 Å². The zero-order valence-electron chi connectivity index (χ0n) is 14.4. The third-order valence-corrected chi connectivity index (χ3v) is 3.71. The smallest absolute Gasteiger partial charge is 0.422 e. The van der Waals surface area contributed by atoms with E-state index in [0.717, 1.165) is 13.2 Å². The minimum absolute atomic E-state index is 0. The molecule has 7 nitrogen and oxygen atoms in total. The maximum atomic E-state index is 12.5. The average Bonchev–Trinajstić information content (AvgIpc) is 3.08. The molecule has 0 radical (unpaired) electrons. The number of carbonyl (C=O) groups is 2. The molecule has 0 unspecified atom stereocenters. The van der Waals surface area contributed by atoms with Crippen LogP contribution in [0.25, 0.3) is 0 Å². The van der Waals surface area contributed by atoms with Crippen LogP contribution in [0.4, 0.5) is 18.9 Å². The maximum absolute atomic E-state index is 12.5. The highest BCUT2D eigenvalue weighted by molar-refractivity contribution is 5.97. The molecule has 3 N–H and O–H groups in total. The lowest BCUT2D eigenvalue weighted by Crippen LogP contribution is -2.30. The van der Waals surface area contributed by atoms with E-state index in [-0.39, 0.29) is 42.1 Å². The van der Waals surface area contributed by atoms with Gasteiger partial charge in [0.05, 0.1) is 24.5 Å². The third kappa shape index (κ3) is 6.56. The topological polar surface area (TPSA) is 99.9 Å². The van der Waals surface area contributed by atoms with Crippen LogP contribution >= 0.6 is 12.4 Å². The molecule has 2 rings (SSSR count). The van der Waals surface area contributed by atoms with Gasteiger partial charge in [0, 0.05) is 6.54 Å². The van der Waals surface area contributed by atoms with Crippen molar-refractivity contribution in [1.82, 2.24) is 0 Å². The number of ether oxygens (including phenoxy) is 3. The summed E-state index contributed by atoms with van der Waals surface area (Å²) in [5.74, 6) is -1.57. The fourth-order valence-electron chi connectivity index (χ4n) is 2.43. The minimum atomic E-state index is -4.58. The summed E-state index contributed by atoms with van der Waals surface area (Å²) in [6.45, 7) is -1.30. The summed E-state index contributed by atoms with van der Waals surface area (Å²) >= 11 is 0. The summed E-state index contributed by atoms with van der Waals surface area (Å²) in [5.41, 5.74) is 5.47. The van der Waals surface area contributed by atoms with E-state index in [4.69, 9.17) is 15.2 Å². The summed E-state index contributed by atoms with van der Waals surface area (Å²) in [4.78, 5) is 23.8. The molecule has 1 aromatic rings. The van der Waals surface area contributed by atoms with E-state index in [1.54, 1.807) is 0 Å². The molecule has 0 aromatic heterocycles. The number of halogens is 4. The average molecular weight is 413 g/mol. The van der Waals surface area contributed by atoms with Crippen molar-refractivity contribution in [1.29, 1.82) is 0 Å².